The Balaban J connectivity index is 0.00000450. The van der Waals surface area contributed by atoms with Gasteiger partial charge in [0.1, 0.15) is 9.88 Å². The summed E-state index contributed by atoms with van der Waals surface area (Å²) in [6.45, 7) is 15.5. The summed E-state index contributed by atoms with van der Waals surface area (Å²) in [5.41, 5.74) is 0.717. The van der Waals surface area contributed by atoms with E-state index in [1.54, 1.807) is 0 Å². The number of guanidine groups is 1. The first-order chi connectivity index (χ1) is 13.9. The number of halogens is 1. The predicted octanol–water partition coefficient (Wildman–Crippen LogP) is 3.98. The van der Waals surface area contributed by atoms with E-state index in [0.717, 1.165) is 30.6 Å². The number of aliphatic imine (C=N–C) groups is 1. The van der Waals surface area contributed by atoms with Crippen LogP contribution in [0.25, 0.3) is 0 Å². The van der Waals surface area contributed by atoms with Crippen molar-refractivity contribution in [3.8, 4) is 0 Å². The maximum atomic E-state index is 12.1. The van der Waals surface area contributed by atoms with Crippen molar-refractivity contribution in [2.45, 2.75) is 59.9 Å². The first-order valence-corrected chi connectivity index (χ1v) is 11.7. The normalized spacial score (nSPS) is 17.0. The zero-order valence-electron chi connectivity index (χ0n) is 19.0. The minimum Gasteiger partial charge on any atom is -0.462 e. The van der Waals surface area contributed by atoms with E-state index in [2.05, 4.69) is 34.4 Å². The lowest BCUT2D eigenvalue weighted by Crippen LogP contribution is -2.39. The standard InChI is InChI=1S/C21H37N5O2S.HI/c1-6-22-21(23-13-15(3)14-26-11-9-8-10-12-26)25-17(5)19-24-16(4)18(29-19)20(27)28-7-2;/h15,17H,6-14H2,1-5H3,(H2,22,23,25);1H. The minimum absolute atomic E-state index is 0. The summed E-state index contributed by atoms with van der Waals surface area (Å²) < 4.78 is 5.12. The lowest BCUT2D eigenvalue weighted by atomic mass is 10.1. The van der Waals surface area contributed by atoms with E-state index >= 15 is 0 Å². The van der Waals surface area contributed by atoms with Crippen LogP contribution in [0.3, 0.4) is 0 Å². The quantitative estimate of drug-likeness (QED) is 0.209. The van der Waals surface area contributed by atoms with Crippen molar-refractivity contribution in [2.24, 2.45) is 10.9 Å². The molecule has 2 unspecified atom stereocenters. The molecule has 1 saturated heterocycles. The first kappa shape index (κ1) is 27.1. The van der Waals surface area contributed by atoms with Crippen LogP contribution in [0.5, 0.6) is 0 Å². The molecule has 1 aliphatic rings. The first-order valence-electron chi connectivity index (χ1n) is 10.9. The van der Waals surface area contributed by atoms with Gasteiger partial charge in [-0.3, -0.25) is 4.99 Å². The van der Waals surface area contributed by atoms with Gasteiger partial charge in [0, 0.05) is 19.6 Å². The van der Waals surface area contributed by atoms with Crippen LogP contribution in [-0.4, -0.2) is 61.1 Å². The maximum Gasteiger partial charge on any atom is 0.350 e. The van der Waals surface area contributed by atoms with Gasteiger partial charge in [0.05, 0.1) is 18.3 Å². The number of rotatable bonds is 9. The van der Waals surface area contributed by atoms with Crippen LogP contribution in [0.15, 0.2) is 4.99 Å². The molecular formula is C21H38IN5O2S. The van der Waals surface area contributed by atoms with Crippen molar-refractivity contribution in [2.75, 3.05) is 39.3 Å². The summed E-state index contributed by atoms with van der Waals surface area (Å²) in [6, 6.07) is -0.0444. The molecule has 2 N–H and O–H groups in total. The van der Waals surface area contributed by atoms with Gasteiger partial charge in [0.15, 0.2) is 5.96 Å². The third-order valence-corrected chi connectivity index (χ3v) is 6.24. The van der Waals surface area contributed by atoms with Crippen LogP contribution in [0.1, 0.15) is 73.4 Å². The molecule has 0 radical (unpaired) electrons. The number of carbonyl (C=O) groups is 1. The molecule has 172 valence electrons. The molecule has 0 spiro atoms. The third-order valence-electron chi connectivity index (χ3n) is 4.92. The molecule has 0 amide bonds. The smallest absolute Gasteiger partial charge is 0.350 e. The third kappa shape index (κ3) is 8.66. The van der Waals surface area contributed by atoms with Gasteiger partial charge in [-0.25, -0.2) is 9.78 Å². The number of piperidine rings is 1. The largest absolute Gasteiger partial charge is 0.462 e. The lowest BCUT2D eigenvalue weighted by molar-refractivity contribution is 0.0531. The highest BCUT2D eigenvalue weighted by Gasteiger charge is 2.20. The van der Waals surface area contributed by atoms with Crippen molar-refractivity contribution in [1.82, 2.24) is 20.5 Å². The molecule has 2 heterocycles. The Bertz CT molecular complexity index is 676. The SMILES string of the molecule is CCNC(=NCC(C)CN1CCCCC1)NC(C)c1nc(C)c(C(=O)OCC)s1.I. The molecule has 7 nitrogen and oxygen atoms in total. The number of thiazole rings is 1. The van der Waals surface area contributed by atoms with E-state index in [0.29, 0.717) is 23.1 Å². The van der Waals surface area contributed by atoms with E-state index in [9.17, 15) is 4.79 Å². The van der Waals surface area contributed by atoms with Gasteiger partial charge in [-0.1, -0.05) is 13.3 Å². The molecule has 1 fully saturated rings. The van der Waals surface area contributed by atoms with Crippen molar-refractivity contribution >= 4 is 47.2 Å². The molecular weight excluding hydrogens is 513 g/mol. The van der Waals surface area contributed by atoms with E-state index in [4.69, 9.17) is 9.73 Å². The number of hydrogen-bond acceptors (Lipinski definition) is 6. The predicted molar refractivity (Wildman–Crippen MR) is 135 cm³/mol. The number of aromatic nitrogens is 1. The fraction of sp³-hybridized carbons (Fsp3) is 0.762. The van der Waals surface area contributed by atoms with Crippen LogP contribution in [-0.2, 0) is 4.74 Å². The van der Waals surface area contributed by atoms with E-state index in [-0.39, 0.29) is 36.0 Å². The van der Waals surface area contributed by atoms with Crippen molar-refractivity contribution in [1.29, 1.82) is 0 Å². The van der Waals surface area contributed by atoms with E-state index in [1.807, 2.05) is 20.8 Å². The Labute approximate surface area is 202 Å². The number of nitrogens with zero attached hydrogens (tertiary/aromatic N) is 3. The number of nitrogens with one attached hydrogen (secondary N) is 2. The van der Waals surface area contributed by atoms with Crippen LogP contribution in [0.4, 0.5) is 0 Å². The van der Waals surface area contributed by atoms with Crippen LogP contribution < -0.4 is 10.6 Å². The van der Waals surface area contributed by atoms with Gasteiger partial charge in [-0.15, -0.1) is 35.3 Å². The second kappa shape index (κ2) is 14.2. The highest BCUT2D eigenvalue weighted by atomic mass is 127. The molecule has 30 heavy (non-hydrogen) atoms. The zero-order valence-corrected chi connectivity index (χ0v) is 22.1. The fourth-order valence-corrected chi connectivity index (χ4v) is 4.43. The Hall–Kier alpha value is -0.940. The van der Waals surface area contributed by atoms with Gasteiger partial charge < -0.3 is 20.3 Å². The second-order valence-electron chi connectivity index (χ2n) is 7.74. The monoisotopic (exact) mass is 551 g/mol. The molecule has 1 aromatic heterocycles. The van der Waals surface area contributed by atoms with Crippen LogP contribution in [0, 0.1) is 12.8 Å². The van der Waals surface area contributed by atoms with E-state index < -0.39 is 0 Å². The van der Waals surface area contributed by atoms with Gasteiger partial charge >= 0.3 is 5.97 Å². The minimum atomic E-state index is -0.298. The average Bonchev–Trinajstić information content (AvgIpc) is 3.09. The molecule has 0 saturated carbocycles. The van der Waals surface area contributed by atoms with Crippen LogP contribution >= 0.6 is 35.3 Å². The Kier molecular flexibility index (Phi) is 12.8. The van der Waals surface area contributed by atoms with Gasteiger partial charge in [0.2, 0.25) is 0 Å². The zero-order chi connectivity index (χ0) is 21.2. The Morgan fingerprint density at radius 1 is 1.27 bits per heavy atom. The lowest BCUT2D eigenvalue weighted by Gasteiger charge is -2.28. The van der Waals surface area contributed by atoms with Crippen molar-refractivity contribution in [3.05, 3.63) is 15.6 Å². The molecule has 2 atom stereocenters. The molecule has 1 aromatic rings. The molecule has 0 aliphatic carbocycles. The number of esters is 1. The average molecular weight is 552 g/mol. The Morgan fingerprint density at radius 3 is 2.60 bits per heavy atom. The Morgan fingerprint density at radius 2 is 1.97 bits per heavy atom. The highest BCUT2D eigenvalue weighted by Crippen LogP contribution is 2.24. The fourth-order valence-electron chi connectivity index (χ4n) is 3.46. The molecule has 9 heteroatoms. The highest BCUT2D eigenvalue weighted by molar-refractivity contribution is 14.0. The van der Waals surface area contributed by atoms with Gasteiger partial charge in [0.25, 0.3) is 0 Å². The molecule has 2 rings (SSSR count). The van der Waals surface area contributed by atoms with Crippen LogP contribution in [0.2, 0.25) is 0 Å². The summed E-state index contributed by atoms with van der Waals surface area (Å²) in [5, 5.41) is 7.60. The number of carbonyl (C=O) groups excluding carboxylic acids is 1. The summed E-state index contributed by atoms with van der Waals surface area (Å²) in [6.07, 6.45) is 4.00. The number of ether oxygens (including phenoxy) is 1. The summed E-state index contributed by atoms with van der Waals surface area (Å²) in [4.78, 5) is 24.5. The van der Waals surface area contributed by atoms with Gasteiger partial charge in [-0.2, -0.15) is 0 Å². The molecule has 0 bridgehead atoms. The maximum absolute atomic E-state index is 12.1. The molecule has 1 aliphatic heterocycles. The van der Waals surface area contributed by atoms with Crippen molar-refractivity contribution < 1.29 is 9.53 Å². The second-order valence-corrected chi connectivity index (χ2v) is 8.77. The van der Waals surface area contributed by atoms with Crippen molar-refractivity contribution in [3.63, 3.8) is 0 Å². The topological polar surface area (TPSA) is 78.9 Å². The number of hydrogen-bond donors (Lipinski definition) is 2. The molecule has 0 aromatic carbocycles. The summed E-state index contributed by atoms with van der Waals surface area (Å²) in [7, 11) is 0. The van der Waals surface area contributed by atoms with Gasteiger partial charge in [-0.05, 0) is 59.5 Å². The number of aryl methyl sites for hydroxylation is 1. The van der Waals surface area contributed by atoms with E-state index in [1.165, 1.54) is 43.7 Å². The number of likely N-dealkylation sites (tertiary alicyclic amines) is 1. The summed E-state index contributed by atoms with van der Waals surface area (Å²) in [5.74, 6) is 1.00. The summed E-state index contributed by atoms with van der Waals surface area (Å²) >= 11 is 1.39.